The van der Waals surface area contributed by atoms with E-state index in [0.717, 1.165) is 5.75 Å². The molecule has 0 saturated carbocycles. The molecule has 0 bridgehead atoms. The Balaban J connectivity index is 2.52. The van der Waals surface area contributed by atoms with Crippen LogP contribution < -0.4 is 9.47 Å². The first-order valence-electron chi connectivity index (χ1n) is 10.3. The van der Waals surface area contributed by atoms with Gasteiger partial charge >= 0.3 is 5.97 Å². The molecule has 0 spiro atoms. The smallest absolute Gasteiger partial charge is 0.318 e. The number of halogens is 2. The van der Waals surface area contributed by atoms with Crippen molar-refractivity contribution in [2.24, 2.45) is 11.8 Å². The minimum Gasteiger partial charge on any atom is -0.494 e. The molecule has 0 aliphatic rings. The Hall–Kier alpha value is -2.24. The van der Waals surface area contributed by atoms with Gasteiger partial charge in [-0.2, -0.15) is 0 Å². The van der Waals surface area contributed by atoms with E-state index in [1.54, 1.807) is 30.3 Å². The van der Waals surface area contributed by atoms with Crippen LogP contribution in [0.1, 0.15) is 39.8 Å². The molecule has 1 heterocycles. The molecule has 1 aromatic carbocycles. The second-order valence-corrected chi connectivity index (χ2v) is 8.36. The third-order valence-electron chi connectivity index (χ3n) is 5.29. The zero-order valence-corrected chi connectivity index (χ0v) is 20.0. The lowest BCUT2D eigenvalue weighted by atomic mass is 9.64. The Kier molecular flexibility index (Phi) is 9.20. The summed E-state index contributed by atoms with van der Waals surface area (Å²) in [5.41, 5.74) is -0.549. The van der Waals surface area contributed by atoms with Crippen LogP contribution in [0, 0.1) is 11.8 Å². The van der Waals surface area contributed by atoms with Crippen LogP contribution in [0.15, 0.2) is 53.0 Å². The van der Waals surface area contributed by atoms with Crippen LogP contribution in [-0.2, 0) is 14.9 Å². The van der Waals surface area contributed by atoms with Gasteiger partial charge < -0.3 is 14.2 Å². The number of nitrogens with zero attached hydrogens (tertiary/aromatic N) is 1. The van der Waals surface area contributed by atoms with E-state index in [1.165, 1.54) is 7.11 Å². The lowest BCUT2D eigenvalue weighted by Crippen LogP contribution is -2.48. The number of methoxy groups -OCH3 is 1. The summed E-state index contributed by atoms with van der Waals surface area (Å²) in [6.45, 7) is 8.40. The molecular weight excluding hydrogens is 437 g/mol. The van der Waals surface area contributed by atoms with Gasteiger partial charge in [0.25, 0.3) is 0 Å². The van der Waals surface area contributed by atoms with E-state index in [2.05, 4.69) is 0 Å². The fraction of sp³-hybridized carbons (Fsp3) is 0.417. The van der Waals surface area contributed by atoms with E-state index in [9.17, 15) is 4.79 Å². The number of benzene rings is 1. The number of ether oxygens (including phenoxy) is 3. The van der Waals surface area contributed by atoms with Crippen molar-refractivity contribution in [3.63, 3.8) is 0 Å². The molecule has 168 valence electrons. The highest BCUT2D eigenvalue weighted by molar-refractivity contribution is 6.55. The third kappa shape index (κ3) is 5.72. The zero-order valence-electron chi connectivity index (χ0n) is 18.5. The van der Waals surface area contributed by atoms with Gasteiger partial charge in [-0.25, -0.2) is 4.98 Å². The molecule has 0 saturated heterocycles. The summed E-state index contributed by atoms with van der Waals surface area (Å²) in [7, 11) is 1.37. The van der Waals surface area contributed by atoms with Crippen LogP contribution in [0.25, 0.3) is 0 Å². The topological polar surface area (TPSA) is 57.7 Å². The molecule has 2 unspecified atom stereocenters. The Bertz CT molecular complexity index is 895. The van der Waals surface area contributed by atoms with Gasteiger partial charge in [0.15, 0.2) is 0 Å². The van der Waals surface area contributed by atoms with E-state index in [4.69, 9.17) is 42.4 Å². The lowest BCUT2D eigenvalue weighted by molar-refractivity contribution is -0.152. The normalized spacial score (nSPS) is 13.8. The van der Waals surface area contributed by atoms with Gasteiger partial charge in [0.1, 0.15) is 21.4 Å². The number of rotatable bonds is 10. The summed E-state index contributed by atoms with van der Waals surface area (Å²) in [5, 5.41) is 0. The minimum atomic E-state index is -1.09. The summed E-state index contributed by atoms with van der Waals surface area (Å²) in [4.78, 5) is 17.9. The predicted octanol–water partition coefficient (Wildman–Crippen LogP) is 6.68. The number of esters is 1. The Morgan fingerprint density at radius 1 is 1.10 bits per heavy atom. The second kappa shape index (κ2) is 11.4. The van der Waals surface area contributed by atoms with E-state index in [-0.39, 0.29) is 16.3 Å². The Morgan fingerprint density at radius 3 is 2.26 bits per heavy atom. The maximum absolute atomic E-state index is 13.2. The van der Waals surface area contributed by atoms with E-state index >= 15 is 0 Å². The van der Waals surface area contributed by atoms with E-state index in [0.29, 0.717) is 30.4 Å². The van der Waals surface area contributed by atoms with E-state index < -0.39 is 11.4 Å². The average molecular weight is 466 g/mol. The van der Waals surface area contributed by atoms with Crippen LogP contribution in [-0.4, -0.2) is 24.7 Å². The Labute approximate surface area is 194 Å². The van der Waals surface area contributed by atoms with Crippen LogP contribution in [0.3, 0.4) is 0 Å². The van der Waals surface area contributed by atoms with Crippen molar-refractivity contribution in [2.75, 3.05) is 13.7 Å². The number of hydrogen-bond acceptors (Lipinski definition) is 5. The van der Waals surface area contributed by atoms with Gasteiger partial charge in [0.2, 0.25) is 5.88 Å². The molecule has 2 atom stereocenters. The summed E-state index contributed by atoms with van der Waals surface area (Å²) < 4.78 is 16.7. The summed E-state index contributed by atoms with van der Waals surface area (Å²) in [6.07, 6.45) is 2.30. The van der Waals surface area contributed by atoms with Gasteiger partial charge in [-0.05, 0) is 55.7 Å². The van der Waals surface area contributed by atoms with Gasteiger partial charge in [0.05, 0.1) is 19.4 Å². The molecule has 2 rings (SSSR count). The minimum absolute atomic E-state index is 0.0996. The fourth-order valence-electron chi connectivity index (χ4n) is 3.89. The summed E-state index contributed by atoms with van der Waals surface area (Å²) >= 11 is 12.0. The van der Waals surface area contributed by atoms with Gasteiger partial charge in [-0.1, -0.05) is 50.0 Å². The predicted molar refractivity (Wildman–Crippen MR) is 124 cm³/mol. The van der Waals surface area contributed by atoms with Crippen molar-refractivity contribution in [3.8, 4) is 17.4 Å². The fourth-order valence-corrected chi connectivity index (χ4v) is 4.20. The first kappa shape index (κ1) is 25.0. The lowest BCUT2D eigenvalue weighted by Gasteiger charge is -2.39. The summed E-state index contributed by atoms with van der Waals surface area (Å²) in [5.74, 6) is 0.867. The number of pyridine rings is 1. The van der Waals surface area contributed by atoms with Crippen molar-refractivity contribution in [3.05, 3.63) is 58.7 Å². The molecule has 0 fully saturated rings. The number of hydrogen-bond donors (Lipinski definition) is 0. The molecule has 0 aliphatic carbocycles. The molecule has 2 aromatic rings. The highest BCUT2D eigenvalue weighted by atomic mass is 35.5. The van der Waals surface area contributed by atoms with Gasteiger partial charge in [-0.15, -0.1) is 0 Å². The first-order valence-corrected chi connectivity index (χ1v) is 11.0. The van der Waals surface area contributed by atoms with Gasteiger partial charge in [0, 0.05) is 12.0 Å². The van der Waals surface area contributed by atoms with Crippen LogP contribution >= 0.6 is 23.2 Å². The highest BCUT2D eigenvalue weighted by Crippen LogP contribution is 2.44. The standard InChI is InChI=1S/C24H29Cl2NO4/c1-6-17(15-21(25)26)24(16(3)4,23(28)29-5)20-9-8-10-22(27-20)31-19-13-11-18(12-14-19)30-7-2/h8-17H,6-7H2,1-5H3. The molecule has 0 N–H and O–H groups in total. The molecule has 5 nitrogen and oxygen atoms in total. The zero-order chi connectivity index (χ0) is 23.0. The number of carbonyl (C=O) groups excluding carboxylic acids is 1. The highest BCUT2D eigenvalue weighted by Gasteiger charge is 2.51. The molecule has 1 aromatic heterocycles. The van der Waals surface area contributed by atoms with E-state index in [1.807, 2.05) is 45.9 Å². The molecule has 0 amide bonds. The molecule has 7 heteroatoms. The quantitative estimate of drug-likeness (QED) is 0.366. The van der Waals surface area contributed by atoms with Crippen molar-refractivity contribution in [1.82, 2.24) is 4.98 Å². The maximum Gasteiger partial charge on any atom is 0.318 e. The average Bonchev–Trinajstić information content (AvgIpc) is 2.74. The largest absolute Gasteiger partial charge is 0.494 e. The number of allylic oxidation sites excluding steroid dienone is 1. The first-order chi connectivity index (χ1) is 14.8. The monoisotopic (exact) mass is 465 g/mol. The van der Waals surface area contributed by atoms with Crippen molar-refractivity contribution in [1.29, 1.82) is 0 Å². The number of aromatic nitrogens is 1. The van der Waals surface area contributed by atoms with Crippen molar-refractivity contribution in [2.45, 2.75) is 39.5 Å². The number of carbonyl (C=O) groups is 1. The van der Waals surface area contributed by atoms with Crippen molar-refractivity contribution >= 4 is 29.2 Å². The van der Waals surface area contributed by atoms with Crippen LogP contribution in [0.4, 0.5) is 0 Å². The molecule has 0 radical (unpaired) electrons. The SMILES string of the molecule is CCOc1ccc(Oc2cccc(C(C(=O)OC)(C(C)C)C(C=C(Cl)Cl)CC)n2)cc1. The van der Waals surface area contributed by atoms with Crippen molar-refractivity contribution < 1.29 is 19.0 Å². The molecule has 31 heavy (non-hydrogen) atoms. The van der Waals surface area contributed by atoms with Crippen LogP contribution in [0.2, 0.25) is 0 Å². The van der Waals surface area contributed by atoms with Gasteiger partial charge in [-0.3, -0.25) is 4.79 Å². The van der Waals surface area contributed by atoms with Crippen LogP contribution in [0.5, 0.6) is 17.4 Å². The third-order valence-corrected chi connectivity index (χ3v) is 5.54. The Morgan fingerprint density at radius 2 is 1.74 bits per heavy atom. The molecular formula is C24H29Cl2NO4. The second-order valence-electron chi connectivity index (χ2n) is 7.35. The molecule has 0 aliphatic heterocycles. The summed E-state index contributed by atoms with van der Waals surface area (Å²) in [6, 6.07) is 12.6. The maximum atomic E-state index is 13.2.